The van der Waals surface area contributed by atoms with Gasteiger partial charge in [0.2, 0.25) is 0 Å². The Labute approximate surface area is 113 Å². The Kier molecular flexibility index (Phi) is 3.08. The molecule has 0 fully saturated rings. The molecule has 0 bridgehead atoms. The number of fused-ring (bicyclic) bond motifs is 1. The van der Waals surface area contributed by atoms with Crippen LogP contribution >= 0.6 is 0 Å². The highest BCUT2D eigenvalue weighted by Crippen LogP contribution is 2.33. The number of pyridine rings is 1. The SMILES string of the molecule is CCc1[nH]c2ccccc2c1C(C)c1cccnc1. The van der Waals surface area contributed by atoms with Crippen LogP contribution in [0.1, 0.15) is 36.6 Å². The highest BCUT2D eigenvalue weighted by Gasteiger charge is 2.17. The molecule has 0 saturated heterocycles. The van der Waals surface area contributed by atoms with Crippen LogP contribution in [-0.4, -0.2) is 9.97 Å². The summed E-state index contributed by atoms with van der Waals surface area (Å²) in [4.78, 5) is 7.79. The van der Waals surface area contributed by atoms with Crippen LogP contribution in [0.5, 0.6) is 0 Å². The number of nitrogens with zero attached hydrogens (tertiary/aromatic N) is 1. The van der Waals surface area contributed by atoms with E-state index in [1.54, 1.807) is 0 Å². The molecule has 3 aromatic rings. The fraction of sp³-hybridized carbons (Fsp3) is 0.235. The third kappa shape index (κ3) is 2.03. The second-order valence-electron chi connectivity index (χ2n) is 4.92. The third-order valence-electron chi connectivity index (χ3n) is 3.80. The Balaban J connectivity index is 2.18. The largest absolute Gasteiger partial charge is 0.358 e. The van der Waals surface area contributed by atoms with Crippen molar-refractivity contribution in [3.63, 3.8) is 0 Å². The molecule has 0 amide bonds. The van der Waals surface area contributed by atoms with Gasteiger partial charge in [0.25, 0.3) is 0 Å². The van der Waals surface area contributed by atoms with Gasteiger partial charge < -0.3 is 4.98 Å². The van der Waals surface area contributed by atoms with Gasteiger partial charge in [-0.1, -0.05) is 38.1 Å². The van der Waals surface area contributed by atoms with Gasteiger partial charge in [-0.2, -0.15) is 0 Å². The summed E-state index contributed by atoms with van der Waals surface area (Å²) in [5.74, 6) is 0.361. The highest BCUT2D eigenvalue weighted by atomic mass is 14.7. The van der Waals surface area contributed by atoms with E-state index in [0.717, 1.165) is 6.42 Å². The monoisotopic (exact) mass is 250 g/mol. The average molecular weight is 250 g/mol. The topological polar surface area (TPSA) is 28.7 Å². The second kappa shape index (κ2) is 4.88. The van der Waals surface area contributed by atoms with Crippen LogP contribution in [0, 0.1) is 0 Å². The smallest absolute Gasteiger partial charge is 0.0459 e. The Morgan fingerprint density at radius 3 is 2.74 bits per heavy atom. The van der Waals surface area contributed by atoms with E-state index >= 15 is 0 Å². The second-order valence-corrected chi connectivity index (χ2v) is 4.92. The maximum atomic E-state index is 4.24. The zero-order chi connectivity index (χ0) is 13.2. The van der Waals surface area contributed by atoms with E-state index in [9.17, 15) is 0 Å². The van der Waals surface area contributed by atoms with Crippen LogP contribution in [-0.2, 0) is 6.42 Å². The predicted octanol–water partition coefficient (Wildman–Crippen LogP) is 4.28. The highest BCUT2D eigenvalue weighted by molar-refractivity contribution is 5.85. The van der Waals surface area contributed by atoms with Gasteiger partial charge in [-0.15, -0.1) is 0 Å². The number of aromatic amines is 1. The molecule has 1 N–H and O–H groups in total. The van der Waals surface area contributed by atoms with Gasteiger partial charge in [0.1, 0.15) is 0 Å². The molecule has 2 nitrogen and oxygen atoms in total. The molecule has 1 atom stereocenters. The molecule has 0 spiro atoms. The zero-order valence-electron chi connectivity index (χ0n) is 11.4. The van der Waals surface area contributed by atoms with E-state index in [-0.39, 0.29) is 0 Å². The van der Waals surface area contributed by atoms with Crippen molar-refractivity contribution in [1.29, 1.82) is 0 Å². The van der Waals surface area contributed by atoms with Crippen LogP contribution < -0.4 is 0 Å². The molecule has 2 heterocycles. The first-order valence-electron chi connectivity index (χ1n) is 6.80. The molecule has 0 aliphatic carbocycles. The summed E-state index contributed by atoms with van der Waals surface area (Å²) in [6.45, 7) is 4.45. The van der Waals surface area contributed by atoms with Gasteiger partial charge >= 0.3 is 0 Å². The molecule has 3 rings (SSSR count). The summed E-state index contributed by atoms with van der Waals surface area (Å²) < 4.78 is 0. The van der Waals surface area contributed by atoms with E-state index in [2.05, 4.69) is 54.1 Å². The molecule has 96 valence electrons. The summed E-state index contributed by atoms with van der Waals surface area (Å²) in [7, 11) is 0. The standard InChI is InChI=1S/C17H18N2/c1-3-15-17(12(2)13-7-6-10-18-11-13)14-8-4-5-9-16(14)19-15/h4-12,19H,3H2,1-2H3. The van der Waals surface area contributed by atoms with Gasteiger partial charge in [0, 0.05) is 34.9 Å². The van der Waals surface area contributed by atoms with Gasteiger partial charge in [-0.25, -0.2) is 0 Å². The fourth-order valence-electron chi connectivity index (χ4n) is 2.79. The van der Waals surface area contributed by atoms with Crippen LogP contribution in [0.4, 0.5) is 0 Å². The number of H-pyrrole nitrogens is 1. The minimum Gasteiger partial charge on any atom is -0.358 e. The fourth-order valence-corrected chi connectivity index (χ4v) is 2.79. The lowest BCUT2D eigenvalue weighted by Crippen LogP contribution is -1.99. The zero-order valence-corrected chi connectivity index (χ0v) is 11.4. The Morgan fingerprint density at radius 2 is 2.00 bits per heavy atom. The maximum Gasteiger partial charge on any atom is 0.0459 e. The number of aryl methyl sites for hydroxylation is 1. The third-order valence-corrected chi connectivity index (χ3v) is 3.80. The van der Waals surface area contributed by atoms with Crippen molar-refractivity contribution in [3.05, 3.63) is 65.6 Å². The van der Waals surface area contributed by atoms with Crippen LogP contribution in [0.25, 0.3) is 10.9 Å². The van der Waals surface area contributed by atoms with E-state index in [4.69, 9.17) is 0 Å². The number of nitrogens with one attached hydrogen (secondary N) is 1. The van der Waals surface area contributed by atoms with Crippen molar-refractivity contribution in [2.45, 2.75) is 26.2 Å². The van der Waals surface area contributed by atoms with Gasteiger partial charge in [-0.05, 0) is 29.7 Å². The van der Waals surface area contributed by atoms with Crippen LogP contribution in [0.3, 0.4) is 0 Å². The number of para-hydroxylation sites is 1. The summed E-state index contributed by atoms with van der Waals surface area (Å²) in [6.07, 6.45) is 4.81. The number of hydrogen-bond donors (Lipinski definition) is 1. The van der Waals surface area contributed by atoms with E-state index < -0.39 is 0 Å². The van der Waals surface area contributed by atoms with Crippen LogP contribution in [0.2, 0.25) is 0 Å². The lowest BCUT2D eigenvalue weighted by atomic mass is 9.91. The first-order valence-corrected chi connectivity index (χ1v) is 6.80. The molecule has 0 radical (unpaired) electrons. The van der Waals surface area contributed by atoms with E-state index in [1.807, 2.05) is 18.5 Å². The Morgan fingerprint density at radius 1 is 1.16 bits per heavy atom. The molecule has 1 aromatic carbocycles. The molecular formula is C17H18N2. The molecule has 1 unspecified atom stereocenters. The first-order chi connectivity index (χ1) is 9.31. The van der Waals surface area contributed by atoms with Crippen molar-refractivity contribution in [1.82, 2.24) is 9.97 Å². The molecule has 0 aliphatic heterocycles. The summed E-state index contributed by atoms with van der Waals surface area (Å²) >= 11 is 0. The first kappa shape index (κ1) is 12.0. The van der Waals surface area contributed by atoms with Gasteiger partial charge in [-0.3, -0.25) is 4.98 Å². The van der Waals surface area contributed by atoms with Crippen molar-refractivity contribution in [2.75, 3.05) is 0 Å². The van der Waals surface area contributed by atoms with Crippen molar-refractivity contribution in [2.24, 2.45) is 0 Å². The predicted molar refractivity (Wildman–Crippen MR) is 79.4 cm³/mol. The number of benzene rings is 1. The molecule has 0 saturated carbocycles. The molecular weight excluding hydrogens is 232 g/mol. The minimum absolute atomic E-state index is 0.361. The summed E-state index contributed by atoms with van der Waals surface area (Å²) in [5, 5.41) is 1.33. The normalized spacial score (nSPS) is 12.7. The van der Waals surface area contributed by atoms with Crippen LogP contribution in [0.15, 0.2) is 48.8 Å². The van der Waals surface area contributed by atoms with E-state index in [1.165, 1.54) is 27.7 Å². The van der Waals surface area contributed by atoms with E-state index in [0.29, 0.717) is 5.92 Å². The summed E-state index contributed by atoms with van der Waals surface area (Å²) in [6, 6.07) is 12.7. The average Bonchev–Trinajstić information content (AvgIpc) is 2.86. The number of hydrogen-bond acceptors (Lipinski definition) is 1. The quantitative estimate of drug-likeness (QED) is 0.738. The number of rotatable bonds is 3. The summed E-state index contributed by atoms with van der Waals surface area (Å²) in [5.41, 5.74) is 5.23. The van der Waals surface area contributed by atoms with Gasteiger partial charge in [0.05, 0.1) is 0 Å². The molecule has 19 heavy (non-hydrogen) atoms. The minimum atomic E-state index is 0.361. The molecule has 0 aliphatic rings. The van der Waals surface area contributed by atoms with Crippen molar-refractivity contribution in [3.8, 4) is 0 Å². The van der Waals surface area contributed by atoms with Crippen molar-refractivity contribution >= 4 is 10.9 Å². The number of aromatic nitrogens is 2. The Bertz CT molecular complexity index is 683. The Hall–Kier alpha value is -2.09. The lowest BCUT2D eigenvalue weighted by Gasteiger charge is -2.13. The lowest BCUT2D eigenvalue weighted by molar-refractivity contribution is 0.886. The maximum absolute atomic E-state index is 4.24. The van der Waals surface area contributed by atoms with Crippen molar-refractivity contribution < 1.29 is 0 Å². The molecule has 2 aromatic heterocycles. The molecule has 2 heteroatoms. The van der Waals surface area contributed by atoms with Gasteiger partial charge in [0.15, 0.2) is 0 Å².